The van der Waals surface area contributed by atoms with Crippen LogP contribution in [0.5, 0.6) is 11.5 Å². The maximum absolute atomic E-state index is 5.99. The summed E-state index contributed by atoms with van der Waals surface area (Å²) >= 11 is 0. The SMILES string of the molecule is Cc1cccc(COc2cc(C)cc(OCc3ccc4ccccc4n3)c2)c1. The van der Waals surface area contributed by atoms with Crippen LogP contribution in [0.4, 0.5) is 0 Å². The summed E-state index contributed by atoms with van der Waals surface area (Å²) in [5.74, 6) is 1.59. The summed E-state index contributed by atoms with van der Waals surface area (Å²) in [6.07, 6.45) is 0. The Kier molecular flexibility index (Phi) is 5.24. The number of aryl methyl sites for hydroxylation is 2. The minimum Gasteiger partial charge on any atom is -0.489 e. The van der Waals surface area contributed by atoms with E-state index in [9.17, 15) is 0 Å². The summed E-state index contributed by atoms with van der Waals surface area (Å²) in [4.78, 5) is 4.66. The van der Waals surface area contributed by atoms with Crippen molar-refractivity contribution in [3.8, 4) is 11.5 Å². The van der Waals surface area contributed by atoms with E-state index >= 15 is 0 Å². The van der Waals surface area contributed by atoms with E-state index in [1.807, 2.05) is 49.4 Å². The highest BCUT2D eigenvalue weighted by molar-refractivity contribution is 5.78. The molecule has 3 aromatic carbocycles. The smallest absolute Gasteiger partial charge is 0.130 e. The van der Waals surface area contributed by atoms with Crippen molar-refractivity contribution in [2.45, 2.75) is 27.1 Å². The molecule has 0 atom stereocenters. The van der Waals surface area contributed by atoms with Crippen LogP contribution >= 0.6 is 0 Å². The first-order chi connectivity index (χ1) is 13.7. The third kappa shape index (κ3) is 4.49. The standard InChI is InChI=1S/C25H23NO2/c1-18-6-5-7-20(12-18)16-27-23-13-19(2)14-24(15-23)28-17-22-11-10-21-8-3-4-9-25(21)26-22/h3-15H,16-17H2,1-2H3. The summed E-state index contributed by atoms with van der Waals surface area (Å²) in [5, 5.41) is 1.13. The van der Waals surface area contributed by atoms with Crippen molar-refractivity contribution in [1.82, 2.24) is 4.98 Å². The molecule has 4 aromatic rings. The zero-order valence-electron chi connectivity index (χ0n) is 16.2. The summed E-state index contributed by atoms with van der Waals surface area (Å²) in [5.41, 5.74) is 5.38. The van der Waals surface area contributed by atoms with Crippen LogP contribution < -0.4 is 9.47 Å². The van der Waals surface area contributed by atoms with Gasteiger partial charge in [0, 0.05) is 11.5 Å². The molecule has 0 aliphatic carbocycles. The van der Waals surface area contributed by atoms with Gasteiger partial charge in [0.2, 0.25) is 0 Å². The Morgan fingerprint density at radius 2 is 1.46 bits per heavy atom. The number of fused-ring (bicyclic) bond motifs is 1. The molecule has 0 amide bonds. The van der Waals surface area contributed by atoms with Crippen molar-refractivity contribution in [3.63, 3.8) is 0 Å². The first kappa shape index (κ1) is 18.1. The maximum atomic E-state index is 5.99. The molecule has 0 N–H and O–H groups in total. The molecule has 3 heteroatoms. The predicted molar refractivity (Wildman–Crippen MR) is 113 cm³/mol. The van der Waals surface area contributed by atoms with Crippen molar-refractivity contribution in [1.29, 1.82) is 0 Å². The van der Waals surface area contributed by atoms with Gasteiger partial charge in [0.25, 0.3) is 0 Å². The molecular formula is C25H23NO2. The molecular weight excluding hydrogens is 346 g/mol. The van der Waals surface area contributed by atoms with Gasteiger partial charge in [0.05, 0.1) is 11.2 Å². The molecule has 0 unspecified atom stereocenters. The number of ether oxygens (including phenoxy) is 2. The van der Waals surface area contributed by atoms with Gasteiger partial charge in [-0.15, -0.1) is 0 Å². The molecule has 0 saturated heterocycles. The Balaban J connectivity index is 1.44. The van der Waals surface area contributed by atoms with Crippen molar-refractivity contribution in [2.24, 2.45) is 0 Å². The summed E-state index contributed by atoms with van der Waals surface area (Å²) in [6, 6.07) is 26.5. The van der Waals surface area contributed by atoms with Crippen LogP contribution in [0.25, 0.3) is 10.9 Å². The lowest BCUT2D eigenvalue weighted by molar-refractivity contribution is 0.287. The second-order valence-corrected chi connectivity index (χ2v) is 7.04. The highest BCUT2D eigenvalue weighted by Gasteiger charge is 2.04. The van der Waals surface area contributed by atoms with E-state index in [2.05, 4.69) is 48.3 Å². The van der Waals surface area contributed by atoms with Gasteiger partial charge in [-0.1, -0.05) is 54.1 Å². The maximum Gasteiger partial charge on any atom is 0.130 e. The van der Waals surface area contributed by atoms with Crippen LogP contribution in [0, 0.1) is 13.8 Å². The predicted octanol–water partition coefficient (Wildman–Crippen LogP) is 6.01. The third-order valence-electron chi connectivity index (χ3n) is 4.56. The quantitative estimate of drug-likeness (QED) is 0.417. The number of hydrogen-bond donors (Lipinski definition) is 0. The number of nitrogens with zero attached hydrogens (tertiary/aromatic N) is 1. The molecule has 1 heterocycles. The van der Waals surface area contributed by atoms with Gasteiger partial charge < -0.3 is 9.47 Å². The van der Waals surface area contributed by atoms with E-state index in [0.717, 1.165) is 39.2 Å². The average Bonchev–Trinajstić information content (AvgIpc) is 2.70. The number of hydrogen-bond acceptors (Lipinski definition) is 3. The summed E-state index contributed by atoms with van der Waals surface area (Å²) in [7, 11) is 0. The number of rotatable bonds is 6. The number of pyridine rings is 1. The van der Waals surface area contributed by atoms with E-state index in [-0.39, 0.29) is 0 Å². The van der Waals surface area contributed by atoms with Gasteiger partial charge in [0.1, 0.15) is 24.7 Å². The second kappa shape index (κ2) is 8.13. The second-order valence-electron chi connectivity index (χ2n) is 7.04. The molecule has 1 aromatic heterocycles. The zero-order valence-corrected chi connectivity index (χ0v) is 16.2. The number of aromatic nitrogens is 1. The monoisotopic (exact) mass is 369 g/mol. The molecule has 0 aliphatic rings. The van der Waals surface area contributed by atoms with Gasteiger partial charge in [-0.3, -0.25) is 0 Å². The van der Waals surface area contributed by atoms with E-state index < -0.39 is 0 Å². The highest BCUT2D eigenvalue weighted by Crippen LogP contribution is 2.24. The first-order valence-corrected chi connectivity index (χ1v) is 9.43. The minimum atomic E-state index is 0.422. The van der Waals surface area contributed by atoms with Crippen molar-refractivity contribution in [3.05, 3.63) is 101 Å². The molecule has 0 bridgehead atoms. The van der Waals surface area contributed by atoms with E-state index in [1.54, 1.807) is 0 Å². The summed E-state index contributed by atoms with van der Waals surface area (Å²) < 4.78 is 12.0. The Morgan fingerprint density at radius 1 is 0.679 bits per heavy atom. The van der Waals surface area contributed by atoms with Gasteiger partial charge in [0.15, 0.2) is 0 Å². The molecule has 0 spiro atoms. The molecule has 3 nitrogen and oxygen atoms in total. The van der Waals surface area contributed by atoms with Gasteiger partial charge in [-0.2, -0.15) is 0 Å². The lowest BCUT2D eigenvalue weighted by atomic mass is 10.1. The van der Waals surface area contributed by atoms with E-state index in [1.165, 1.54) is 5.56 Å². The minimum absolute atomic E-state index is 0.422. The molecule has 140 valence electrons. The van der Waals surface area contributed by atoms with Crippen molar-refractivity contribution in [2.75, 3.05) is 0 Å². The fraction of sp³-hybridized carbons (Fsp3) is 0.160. The highest BCUT2D eigenvalue weighted by atomic mass is 16.5. The van der Waals surface area contributed by atoms with Crippen LogP contribution in [-0.4, -0.2) is 4.98 Å². The zero-order chi connectivity index (χ0) is 19.3. The van der Waals surface area contributed by atoms with Crippen LogP contribution in [0.3, 0.4) is 0 Å². The molecule has 0 saturated carbocycles. The van der Waals surface area contributed by atoms with E-state index in [0.29, 0.717) is 13.2 Å². The fourth-order valence-electron chi connectivity index (χ4n) is 3.20. The van der Waals surface area contributed by atoms with Gasteiger partial charge in [-0.05, 0) is 49.2 Å². The molecule has 0 fully saturated rings. The van der Waals surface area contributed by atoms with Crippen LogP contribution in [0.1, 0.15) is 22.4 Å². The lowest BCUT2D eigenvalue weighted by Gasteiger charge is -2.12. The van der Waals surface area contributed by atoms with E-state index in [4.69, 9.17) is 9.47 Å². The Hall–Kier alpha value is -3.33. The lowest BCUT2D eigenvalue weighted by Crippen LogP contribution is -2.00. The fourth-order valence-corrected chi connectivity index (χ4v) is 3.20. The Morgan fingerprint density at radius 3 is 2.29 bits per heavy atom. The first-order valence-electron chi connectivity index (χ1n) is 9.43. The van der Waals surface area contributed by atoms with Crippen LogP contribution in [0.15, 0.2) is 78.9 Å². The molecule has 0 aliphatic heterocycles. The Bertz CT molecular complexity index is 1100. The number of para-hydroxylation sites is 1. The third-order valence-corrected chi connectivity index (χ3v) is 4.56. The van der Waals surface area contributed by atoms with Crippen molar-refractivity contribution < 1.29 is 9.47 Å². The van der Waals surface area contributed by atoms with Crippen molar-refractivity contribution >= 4 is 10.9 Å². The normalized spacial score (nSPS) is 10.8. The summed E-state index contributed by atoms with van der Waals surface area (Å²) in [6.45, 7) is 5.09. The topological polar surface area (TPSA) is 31.4 Å². The van der Waals surface area contributed by atoms with Crippen LogP contribution in [0.2, 0.25) is 0 Å². The van der Waals surface area contributed by atoms with Crippen LogP contribution in [-0.2, 0) is 13.2 Å². The average molecular weight is 369 g/mol. The van der Waals surface area contributed by atoms with Gasteiger partial charge in [-0.25, -0.2) is 4.98 Å². The molecule has 4 rings (SSSR count). The number of benzene rings is 3. The molecule has 28 heavy (non-hydrogen) atoms. The largest absolute Gasteiger partial charge is 0.489 e. The Labute approximate surface area is 165 Å². The molecule has 0 radical (unpaired) electrons. The van der Waals surface area contributed by atoms with Gasteiger partial charge >= 0.3 is 0 Å².